The first-order valence-electron chi connectivity index (χ1n) is 6.70. The van der Waals surface area contributed by atoms with E-state index in [2.05, 4.69) is 0 Å². The van der Waals surface area contributed by atoms with Crippen molar-refractivity contribution in [3.8, 4) is 5.75 Å². The molecular formula is C17H18O3. The normalized spacial score (nSPS) is 10.2. The van der Waals surface area contributed by atoms with Gasteiger partial charge in [-0.15, -0.1) is 0 Å². The Kier molecular flexibility index (Phi) is 4.77. The fourth-order valence-electron chi connectivity index (χ4n) is 2.13. The summed E-state index contributed by atoms with van der Waals surface area (Å²) < 4.78 is 5.88. The maximum Gasteiger partial charge on any atom is 0.307 e. The van der Waals surface area contributed by atoms with Crippen LogP contribution in [0.1, 0.15) is 23.6 Å². The van der Waals surface area contributed by atoms with Crippen LogP contribution in [0.3, 0.4) is 0 Å². The van der Waals surface area contributed by atoms with Crippen LogP contribution in [-0.2, 0) is 24.2 Å². The van der Waals surface area contributed by atoms with E-state index in [0.717, 1.165) is 23.1 Å². The number of para-hydroxylation sites is 1. The summed E-state index contributed by atoms with van der Waals surface area (Å²) in [5, 5.41) is 8.98. The molecule has 0 amide bonds. The number of aryl methyl sites for hydroxylation is 1. The molecule has 0 aliphatic heterocycles. The lowest BCUT2D eigenvalue weighted by Crippen LogP contribution is -2.06. The molecule has 0 aliphatic rings. The van der Waals surface area contributed by atoms with E-state index in [9.17, 15) is 4.79 Å². The van der Waals surface area contributed by atoms with Gasteiger partial charge in [0.2, 0.25) is 0 Å². The Morgan fingerprint density at radius 3 is 2.40 bits per heavy atom. The third-order valence-corrected chi connectivity index (χ3v) is 3.13. The fraction of sp³-hybridized carbons (Fsp3) is 0.235. The number of hydrogen-bond acceptors (Lipinski definition) is 2. The van der Waals surface area contributed by atoms with E-state index in [1.807, 2.05) is 55.5 Å². The first-order valence-corrected chi connectivity index (χ1v) is 6.70. The Hall–Kier alpha value is -2.29. The highest BCUT2D eigenvalue weighted by Gasteiger charge is 2.11. The van der Waals surface area contributed by atoms with E-state index in [0.29, 0.717) is 12.4 Å². The standard InChI is InChI=1S/C17H18O3/c1-2-14-9-6-10-15(11-16(18)19)17(14)20-12-13-7-4-3-5-8-13/h3-10H,2,11-12H2,1H3,(H,18,19). The fourth-order valence-corrected chi connectivity index (χ4v) is 2.13. The van der Waals surface area contributed by atoms with Gasteiger partial charge in [-0.1, -0.05) is 55.5 Å². The number of ether oxygens (including phenoxy) is 1. The van der Waals surface area contributed by atoms with E-state index >= 15 is 0 Å². The van der Waals surface area contributed by atoms with Crippen LogP contribution in [0, 0.1) is 0 Å². The minimum absolute atomic E-state index is 0.0159. The molecule has 0 aromatic heterocycles. The number of aliphatic carboxylic acids is 1. The van der Waals surface area contributed by atoms with Crippen molar-refractivity contribution in [2.24, 2.45) is 0 Å². The van der Waals surface area contributed by atoms with Gasteiger partial charge in [0.05, 0.1) is 6.42 Å². The zero-order valence-electron chi connectivity index (χ0n) is 11.5. The molecule has 0 radical (unpaired) electrons. The molecule has 0 heterocycles. The summed E-state index contributed by atoms with van der Waals surface area (Å²) in [6, 6.07) is 15.5. The molecule has 1 N–H and O–H groups in total. The minimum Gasteiger partial charge on any atom is -0.488 e. The highest BCUT2D eigenvalue weighted by Crippen LogP contribution is 2.26. The van der Waals surface area contributed by atoms with Crippen molar-refractivity contribution in [2.75, 3.05) is 0 Å². The van der Waals surface area contributed by atoms with Crippen molar-refractivity contribution in [3.05, 3.63) is 65.2 Å². The van der Waals surface area contributed by atoms with Crippen molar-refractivity contribution < 1.29 is 14.6 Å². The van der Waals surface area contributed by atoms with Gasteiger partial charge in [-0.05, 0) is 17.5 Å². The smallest absolute Gasteiger partial charge is 0.307 e. The monoisotopic (exact) mass is 270 g/mol. The Morgan fingerprint density at radius 2 is 1.75 bits per heavy atom. The SMILES string of the molecule is CCc1cccc(CC(=O)O)c1OCc1ccccc1. The van der Waals surface area contributed by atoms with Gasteiger partial charge in [-0.3, -0.25) is 4.79 Å². The van der Waals surface area contributed by atoms with Gasteiger partial charge in [-0.2, -0.15) is 0 Å². The van der Waals surface area contributed by atoms with Crippen LogP contribution in [0.15, 0.2) is 48.5 Å². The molecule has 0 saturated carbocycles. The summed E-state index contributed by atoms with van der Waals surface area (Å²) in [4.78, 5) is 10.9. The van der Waals surface area contributed by atoms with Crippen LogP contribution < -0.4 is 4.74 Å². The third-order valence-electron chi connectivity index (χ3n) is 3.13. The predicted molar refractivity (Wildman–Crippen MR) is 77.9 cm³/mol. The maximum absolute atomic E-state index is 10.9. The molecule has 0 fully saturated rings. The number of carboxylic acids is 1. The molecule has 2 aromatic rings. The molecular weight excluding hydrogens is 252 g/mol. The molecule has 104 valence electrons. The highest BCUT2D eigenvalue weighted by molar-refractivity contribution is 5.71. The molecule has 0 aliphatic carbocycles. The minimum atomic E-state index is -0.845. The van der Waals surface area contributed by atoms with Crippen molar-refractivity contribution in [3.63, 3.8) is 0 Å². The topological polar surface area (TPSA) is 46.5 Å². The summed E-state index contributed by atoms with van der Waals surface area (Å²) in [5.41, 5.74) is 2.84. The van der Waals surface area contributed by atoms with Gasteiger partial charge in [0.15, 0.2) is 0 Å². The quantitative estimate of drug-likeness (QED) is 0.874. The first-order chi connectivity index (χ1) is 9.70. The molecule has 3 nitrogen and oxygen atoms in total. The van der Waals surface area contributed by atoms with Gasteiger partial charge < -0.3 is 9.84 Å². The van der Waals surface area contributed by atoms with E-state index < -0.39 is 5.97 Å². The third kappa shape index (κ3) is 3.60. The molecule has 20 heavy (non-hydrogen) atoms. The molecule has 0 bridgehead atoms. The second-order valence-electron chi connectivity index (χ2n) is 4.60. The molecule has 0 spiro atoms. The average Bonchev–Trinajstić information content (AvgIpc) is 2.46. The summed E-state index contributed by atoms with van der Waals surface area (Å²) in [5.74, 6) is -0.135. The van der Waals surface area contributed by atoms with Gasteiger partial charge in [0, 0.05) is 5.56 Å². The van der Waals surface area contributed by atoms with Gasteiger partial charge in [-0.25, -0.2) is 0 Å². The number of hydrogen-bond donors (Lipinski definition) is 1. The van der Waals surface area contributed by atoms with Crippen LogP contribution >= 0.6 is 0 Å². The number of rotatable bonds is 6. The lowest BCUT2D eigenvalue weighted by atomic mass is 10.0. The lowest BCUT2D eigenvalue weighted by Gasteiger charge is -2.14. The molecule has 0 atom stereocenters. The van der Waals surface area contributed by atoms with Crippen LogP contribution in [0.25, 0.3) is 0 Å². The average molecular weight is 270 g/mol. The van der Waals surface area contributed by atoms with Crippen molar-refractivity contribution in [2.45, 2.75) is 26.4 Å². The molecule has 2 aromatic carbocycles. The largest absolute Gasteiger partial charge is 0.488 e. The van der Waals surface area contributed by atoms with Gasteiger partial charge >= 0.3 is 5.97 Å². The summed E-state index contributed by atoms with van der Waals surface area (Å²) in [6.45, 7) is 2.49. The summed E-state index contributed by atoms with van der Waals surface area (Å²) in [6.07, 6.45) is 0.801. The van der Waals surface area contributed by atoms with E-state index in [-0.39, 0.29) is 6.42 Å². The zero-order valence-corrected chi connectivity index (χ0v) is 11.5. The summed E-state index contributed by atoms with van der Waals surface area (Å²) >= 11 is 0. The van der Waals surface area contributed by atoms with E-state index in [1.54, 1.807) is 0 Å². The summed E-state index contributed by atoms with van der Waals surface area (Å²) in [7, 11) is 0. The molecule has 0 saturated heterocycles. The number of benzene rings is 2. The van der Waals surface area contributed by atoms with Crippen LogP contribution in [-0.4, -0.2) is 11.1 Å². The molecule has 0 unspecified atom stereocenters. The van der Waals surface area contributed by atoms with Crippen molar-refractivity contribution >= 4 is 5.97 Å². The second-order valence-corrected chi connectivity index (χ2v) is 4.60. The first kappa shape index (κ1) is 14.1. The van der Waals surface area contributed by atoms with Crippen LogP contribution in [0.5, 0.6) is 5.75 Å². The van der Waals surface area contributed by atoms with Crippen LogP contribution in [0.4, 0.5) is 0 Å². The van der Waals surface area contributed by atoms with Crippen molar-refractivity contribution in [1.82, 2.24) is 0 Å². The predicted octanol–water partition coefficient (Wildman–Crippen LogP) is 3.46. The second kappa shape index (κ2) is 6.75. The number of carbonyl (C=O) groups is 1. The Balaban J connectivity index is 2.21. The van der Waals surface area contributed by atoms with Gasteiger partial charge in [0.25, 0.3) is 0 Å². The molecule has 3 heteroatoms. The molecule has 2 rings (SSSR count). The Morgan fingerprint density at radius 1 is 1.05 bits per heavy atom. The van der Waals surface area contributed by atoms with Gasteiger partial charge in [0.1, 0.15) is 12.4 Å². The van der Waals surface area contributed by atoms with E-state index in [1.165, 1.54) is 0 Å². The Bertz CT molecular complexity index is 576. The van der Waals surface area contributed by atoms with Crippen molar-refractivity contribution in [1.29, 1.82) is 0 Å². The lowest BCUT2D eigenvalue weighted by molar-refractivity contribution is -0.136. The number of carboxylic acid groups (broad SMARTS) is 1. The highest BCUT2D eigenvalue weighted by atomic mass is 16.5. The van der Waals surface area contributed by atoms with E-state index in [4.69, 9.17) is 9.84 Å². The maximum atomic E-state index is 10.9. The Labute approximate surface area is 118 Å². The zero-order chi connectivity index (χ0) is 14.4. The van der Waals surface area contributed by atoms with Crippen LogP contribution in [0.2, 0.25) is 0 Å².